The van der Waals surface area contributed by atoms with E-state index in [-0.39, 0.29) is 9.79 Å². The van der Waals surface area contributed by atoms with Crippen LogP contribution >= 0.6 is 15.9 Å². The topological polar surface area (TPSA) is 98.5 Å². The van der Waals surface area contributed by atoms with Gasteiger partial charge < -0.3 is 0 Å². The lowest BCUT2D eigenvalue weighted by atomic mass is 10.1. The van der Waals surface area contributed by atoms with Crippen LogP contribution in [0.4, 0.5) is 0 Å². The largest absolute Gasteiger partial charge is 0.296 e. The average Bonchev–Trinajstić information content (AvgIpc) is 2.68. The maximum Gasteiger partial charge on any atom is 0.244 e. The predicted octanol–water partition coefficient (Wildman–Crippen LogP) is 2.23. The van der Waals surface area contributed by atoms with E-state index in [1.807, 2.05) is 12.1 Å². The van der Waals surface area contributed by atoms with Crippen molar-refractivity contribution in [2.75, 3.05) is 32.4 Å². The molecule has 0 amide bonds. The van der Waals surface area contributed by atoms with Gasteiger partial charge >= 0.3 is 0 Å². The third-order valence-electron chi connectivity index (χ3n) is 4.77. The van der Waals surface area contributed by atoms with Gasteiger partial charge in [0.1, 0.15) is 0 Å². The summed E-state index contributed by atoms with van der Waals surface area (Å²) < 4.78 is 51.5. The Morgan fingerprint density at radius 1 is 1.00 bits per heavy atom. The highest BCUT2D eigenvalue weighted by Crippen LogP contribution is 2.28. The van der Waals surface area contributed by atoms with E-state index < -0.39 is 19.9 Å². The predicted molar refractivity (Wildman–Crippen MR) is 112 cm³/mol. The quantitative estimate of drug-likeness (QED) is 0.627. The summed E-state index contributed by atoms with van der Waals surface area (Å²) in [5.74, 6) is 0. The Balaban J connectivity index is 1.72. The molecule has 3 rings (SSSR count). The van der Waals surface area contributed by atoms with Gasteiger partial charge in [-0.25, -0.2) is 16.8 Å². The number of sulfonamides is 1. The van der Waals surface area contributed by atoms with Crippen LogP contribution in [0.1, 0.15) is 11.1 Å². The SMILES string of the molecule is CS(=O)(=O)c1ccc(Br)c(S(=O)(=O)N2CCN(Cc3ccc(C#N)cc3)CC2)c1. The van der Waals surface area contributed by atoms with Crippen LogP contribution in [0.3, 0.4) is 0 Å². The lowest BCUT2D eigenvalue weighted by Crippen LogP contribution is -2.48. The van der Waals surface area contributed by atoms with E-state index in [0.29, 0.717) is 42.8 Å². The second kappa shape index (κ2) is 8.53. The zero-order valence-electron chi connectivity index (χ0n) is 15.7. The molecular weight excluding hydrogens is 478 g/mol. The fourth-order valence-electron chi connectivity index (χ4n) is 3.12. The Bertz CT molecular complexity index is 1150. The normalized spacial score (nSPS) is 16.4. The Labute approximate surface area is 179 Å². The Hall–Kier alpha value is -1.77. The summed E-state index contributed by atoms with van der Waals surface area (Å²) in [6.07, 6.45) is 1.05. The lowest BCUT2D eigenvalue weighted by molar-refractivity contribution is 0.181. The Kier molecular flexibility index (Phi) is 6.45. The van der Waals surface area contributed by atoms with Crippen molar-refractivity contribution in [3.8, 4) is 6.07 Å². The van der Waals surface area contributed by atoms with E-state index in [0.717, 1.165) is 11.8 Å². The first-order chi connectivity index (χ1) is 13.6. The summed E-state index contributed by atoms with van der Waals surface area (Å²) in [4.78, 5) is 2.08. The molecule has 1 aliphatic rings. The summed E-state index contributed by atoms with van der Waals surface area (Å²) >= 11 is 3.23. The molecule has 1 saturated heterocycles. The number of sulfone groups is 1. The standard InChI is InChI=1S/C19H20BrN3O4S2/c1-28(24,25)17-6-7-18(20)19(12-17)29(26,27)23-10-8-22(9-11-23)14-16-4-2-15(13-21)3-5-16/h2-7,12H,8-11,14H2,1H3. The molecule has 154 valence electrons. The summed E-state index contributed by atoms with van der Waals surface area (Å²) in [5, 5.41) is 8.87. The minimum atomic E-state index is -3.82. The number of nitrogens with zero attached hydrogens (tertiary/aromatic N) is 3. The molecular formula is C19H20BrN3O4S2. The van der Waals surface area contributed by atoms with Crippen molar-refractivity contribution in [3.63, 3.8) is 0 Å². The third kappa shape index (κ3) is 5.05. The van der Waals surface area contributed by atoms with Gasteiger partial charge in [-0.15, -0.1) is 0 Å². The molecule has 0 N–H and O–H groups in total. The van der Waals surface area contributed by atoms with Crippen molar-refractivity contribution in [1.82, 2.24) is 9.21 Å². The zero-order valence-corrected chi connectivity index (χ0v) is 19.0. The van der Waals surface area contributed by atoms with E-state index >= 15 is 0 Å². The number of halogens is 1. The van der Waals surface area contributed by atoms with Gasteiger partial charge in [0.05, 0.1) is 21.4 Å². The third-order valence-corrected chi connectivity index (χ3v) is 8.77. The first kappa shape index (κ1) is 21.9. The number of hydrogen-bond acceptors (Lipinski definition) is 6. The smallest absolute Gasteiger partial charge is 0.244 e. The highest BCUT2D eigenvalue weighted by Gasteiger charge is 2.30. The van der Waals surface area contributed by atoms with Gasteiger partial charge in [-0.2, -0.15) is 9.57 Å². The number of rotatable bonds is 5. The van der Waals surface area contributed by atoms with E-state index in [1.165, 1.54) is 22.5 Å². The van der Waals surface area contributed by atoms with Crippen LogP contribution in [-0.2, 0) is 26.4 Å². The van der Waals surface area contributed by atoms with Gasteiger partial charge in [-0.05, 0) is 51.8 Å². The highest BCUT2D eigenvalue weighted by molar-refractivity contribution is 9.10. The average molecular weight is 498 g/mol. The van der Waals surface area contributed by atoms with E-state index in [1.54, 1.807) is 12.1 Å². The molecule has 10 heteroatoms. The summed E-state index contributed by atoms with van der Waals surface area (Å²) in [6.45, 7) is 2.42. The molecule has 2 aromatic carbocycles. The zero-order chi connectivity index (χ0) is 21.2. The van der Waals surface area contributed by atoms with Crippen molar-refractivity contribution >= 4 is 35.8 Å². The van der Waals surface area contributed by atoms with Crippen LogP contribution < -0.4 is 0 Å². The monoisotopic (exact) mass is 497 g/mol. The first-order valence-electron chi connectivity index (χ1n) is 8.82. The number of nitriles is 1. The van der Waals surface area contributed by atoms with Crippen LogP contribution in [0.5, 0.6) is 0 Å². The van der Waals surface area contributed by atoms with Crippen molar-refractivity contribution in [2.45, 2.75) is 16.3 Å². The van der Waals surface area contributed by atoms with Gasteiger partial charge in [0.2, 0.25) is 10.0 Å². The van der Waals surface area contributed by atoms with Crippen molar-refractivity contribution < 1.29 is 16.8 Å². The van der Waals surface area contributed by atoms with Gasteiger partial charge in [0, 0.05) is 43.5 Å². The second-order valence-corrected chi connectivity index (χ2v) is 11.6. The molecule has 0 unspecified atom stereocenters. The second-order valence-electron chi connectivity index (χ2n) is 6.85. The summed E-state index contributed by atoms with van der Waals surface area (Å²) in [6, 6.07) is 13.5. The highest BCUT2D eigenvalue weighted by atomic mass is 79.9. The van der Waals surface area contributed by atoms with Gasteiger partial charge in [0.25, 0.3) is 0 Å². The van der Waals surface area contributed by atoms with Crippen LogP contribution in [0.25, 0.3) is 0 Å². The maximum absolute atomic E-state index is 13.1. The minimum absolute atomic E-state index is 0.0290. The van der Waals surface area contributed by atoms with Crippen molar-refractivity contribution in [1.29, 1.82) is 5.26 Å². The number of hydrogen-bond donors (Lipinski definition) is 0. The first-order valence-corrected chi connectivity index (χ1v) is 12.9. The van der Waals surface area contributed by atoms with E-state index in [9.17, 15) is 16.8 Å². The van der Waals surface area contributed by atoms with Gasteiger partial charge in [-0.3, -0.25) is 4.90 Å². The molecule has 2 aromatic rings. The maximum atomic E-state index is 13.1. The molecule has 0 aromatic heterocycles. The molecule has 1 fully saturated rings. The fraction of sp³-hybridized carbons (Fsp3) is 0.316. The van der Waals surface area contributed by atoms with Crippen molar-refractivity contribution in [2.24, 2.45) is 0 Å². The Morgan fingerprint density at radius 2 is 1.62 bits per heavy atom. The summed E-state index contributed by atoms with van der Waals surface area (Å²) in [5.41, 5.74) is 1.66. The molecule has 0 saturated carbocycles. The molecule has 0 aliphatic carbocycles. The molecule has 29 heavy (non-hydrogen) atoms. The molecule has 0 bridgehead atoms. The molecule has 0 spiro atoms. The minimum Gasteiger partial charge on any atom is -0.296 e. The fourth-order valence-corrected chi connectivity index (χ4v) is 6.22. The molecule has 1 heterocycles. The van der Waals surface area contributed by atoms with E-state index in [2.05, 4.69) is 26.9 Å². The molecule has 1 aliphatic heterocycles. The van der Waals surface area contributed by atoms with Crippen LogP contribution in [0.2, 0.25) is 0 Å². The van der Waals surface area contributed by atoms with Crippen molar-refractivity contribution in [3.05, 3.63) is 58.1 Å². The molecule has 0 radical (unpaired) electrons. The van der Waals surface area contributed by atoms with Gasteiger partial charge in [-0.1, -0.05) is 12.1 Å². The lowest BCUT2D eigenvalue weighted by Gasteiger charge is -2.34. The summed E-state index contributed by atoms with van der Waals surface area (Å²) in [7, 11) is -7.34. The molecule has 0 atom stereocenters. The van der Waals surface area contributed by atoms with E-state index in [4.69, 9.17) is 5.26 Å². The van der Waals surface area contributed by atoms with Crippen LogP contribution in [0, 0.1) is 11.3 Å². The van der Waals surface area contributed by atoms with Crippen LogP contribution in [-0.4, -0.2) is 58.5 Å². The number of piperazine rings is 1. The van der Waals surface area contributed by atoms with Crippen LogP contribution in [0.15, 0.2) is 56.7 Å². The Morgan fingerprint density at radius 3 is 2.17 bits per heavy atom. The van der Waals surface area contributed by atoms with Gasteiger partial charge in [0.15, 0.2) is 9.84 Å². The number of benzene rings is 2. The molecule has 7 nitrogen and oxygen atoms in total.